The van der Waals surface area contributed by atoms with E-state index in [0.29, 0.717) is 23.7 Å². The maximum absolute atomic E-state index is 13.3. The van der Waals surface area contributed by atoms with Crippen molar-refractivity contribution >= 4 is 17.1 Å². The van der Waals surface area contributed by atoms with Crippen molar-refractivity contribution in [3.63, 3.8) is 0 Å². The Hall–Kier alpha value is -1.66. The average molecular weight is 291 g/mol. The molecule has 3 heterocycles. The van der Waals surface area contributed by atoms with Gasteiger partial charge >= 0.3 is 0 Å². The molecule has 2 atom stereocenters. The van der Waals surface area contributed by atoms with Crippen molar-refractivity contribution in [1.29, 1.82) is 0 Å². The normalized spacial score (nSPS) is 27.0. The van der Waals surface area contributed by atoms with E-state index in [1.807, 2.05) is 0 Å². The highest BCUT2D eigenvalue weighted by atomic mass is 19.1. The molecule has 6 heteroatoms. The van der Waals surface area contributed by atoms with Crippen LogP contribution in [0.3, 0.4) is 0 Å². The van der Waals surface area contributed by atoms with Gasteiger partial charge in [-0.1, -0.05) is 0 Å². The Kier molecular flexibility index (Phi) is 3.08. The molecule has 2 aliphatic heterocycles. The fraction of sp³-hybridized carbons (Fsp3) is 0.533. The number of halogens is 1. The second-order valence-corrected chi connectivity index (χ2v) is 5.83. The van der Waals surface area contributed by atoms with Gasteiger partial charge in [0.25, 0.3) is 6.01 Å². The predicted molar refractivity (Wildman–Crippen MR) is 77.0 cm³/mol. The van der Waals surface area contributed by atoms with Gasteiger partial charge in [-0.25, -0.2) is 4.39 Å². The lowest BCUT2D eigenvalue weighted by molar-refractivity contribution is -0.0259. The number of oxazole rings is 1. The van der Waals surface area contributed by atoms with E-state index in [4.69, 9.17) is 9.15 Å². The fourth-order valence-electron chi connectivity index (χ4n) is 3.28. The first-order valence-corrected chi connectivity index (χ1v) is 7.33. The number of piperidine rings is 1. The highest BCUT2D eigenvalue weighted by Gasteiger charge is 2.38. The minimum Gasteiger partial charge on any atom is -0.423 e. The minimum atomic E-state index is -0.292. The first-order valence-electron chi connectivity index (χ1n) is 7.33. The van der Waals surface area contributed by atoms with Gasteiger partial charge in [0.2, 0.25) is 0 Å². The van der Waals surface area contributed by atoms with Crippen LogP contribution in [-0.4, -0.2) is 55.3 Å². The van der Waals surface area contributed by atoms with Gasteiger partial charge in [-0.2, -0.15) is 4.98 Å². The van der Waals surface area contributed by atoms with E-state index in [-0.39, 0.29) is 18.0 Å². The number of aromatic nitrogens is 1. The molecular weight excluding hydrogens is 273 g/mol. The summed E-state index contributed by atoms with van der Waals surface area (Å²) in [5.41, 5.74) is 1.19. The lowest BCUT2D eigenvalue weighted by Gasteiger charge is -2.45. The van der Waals surface area contributed by atoms with Gasteiger partial charge in [-0.05, 0) is 25.6 Å². The Balaban J connectivity index is 1.69. The van der Waals surface area contributed by atoms with Crippen LogP contribution in [0.4, 0.5) is 10.4 Å². The van der Waals surface area contributed by atoms with Gasteiger partial charge in [-0.15, -0.1) is 0 Å². The molecule has 0 spiro atoms. The van der Waals surface area contributed by atoms with Gasteiger partial charge in [0.1, 0.15) is 11.3 Å². The van der Waals surface area contributed by atoms with Crippen molar-refractivity contribution in [1.82, 2.24) is 9.88 Å². The molecule has 2 aliphatic rings. The first-order chi connectivity index (χ1) is 10.2. The number of likely N-dealkylation sites (tertiary alicyclic amines) is 1. The quantitative estimate of drug-likeness (QED) is 0.802. The summed E-state index contributed by atoms with van der Waals surface area (Å²) in [6, 6.07) is 5.26. The molecule has 0 aliphatic carbocycles. The molecule has 1 aromatic heterocycles. The molecule has 2 aromatic rings. The third kappa shape index (κ3) is 2.28. The van der Waals surface area contributed by atoms with E-state index in [1.54, 1.807) is 6.07 Å². The summed E-state index contributed by atoms with van der Waals surface area (Å²) in [7, 11) is 2.12. The van der Waals surface area contributed by atoms with Crippen LogP contribution in [0.15, 0.2) is 22.6 Å². The average Bonchev–Trinajstić information content (AvgIpc) is 2.89. The molecule has 0 N–H and O–H groups in total. The topological polar surface area (TPSA) is 41.7 Å². The number of rotatable bonds is 1. The summed E-state index contributed by atoms with van der Waals surface area (Å²) in [6.07, 6.45) is 1.24. The zero-order valence-electron chi connectivity index (χ0n) is 12.0. The molecule has 21 heavy (non-hydrogen) atoms. The summed E-state index contributed by atoms with van der Waals surface area (Å²) in [6.45, 7) is 3.41. The number of benzene rings is 1. The van der Waals surface area contributed by atoms with Crippen molar-refractivity contribution in [2.45, 2.75) is 18.6 Å². The number of nitrogens with zero attached hydrogens (tertiary/aromatic N) is 3. The van der Waals surface area contributed by atoms with Crippen LogP contribution in [-0.2, 0) is 4.74 Å². The van der Waals surface area contributed by atoms with E-state index in [9.17, 15) is 4.39 Å². The van der Waals surface area contributed by atoms with Gasteiger partial charge in [0, 0.05) is 25.7 Å². The van der Waals surface area contributed by atoms with Crippen LogP contribution in [0.25, 0.3) is 11.1 Å². The first kappa shape index (κ1) is 13.0. The summed E-state index contributed by atoms with van der Waals surface area (Å²) in [5.74, 6) is -0.292. The van der Waals surface area contributed by atoms with E-state index < -0.39 is 0 Å². The monoisotopic (exact) mass is 291 g/mol. The number of morpholine rings is 1. The Morgan fingerprint density at radius 1 is 1.33 bits per heavy atom. The lowest BCUT2D eigenvalue weighted by Crippen LogP contribution is -2.59. The van der Waals surface area contributed by atoms with Crippen LogP contribution in [0.5, 0.6) is 0 Å². The molecule has 0 saturated carbocycles. The smallest absolute Gasteiger partial charge is 0.298 e. The Morgan fingerprint density at radius 2 is 2.24 bits per heavy atom. The zero-order chi connectivity index (χ0) is 14.4. The van der Waals surface area contributed by atoms with Crippen molar-refractivity contribution in [3.8, 4) is 0 Å². The molecule has 2 fully saturated rings. The summed E-state index contributed by atoms with van der Waals surface area (Å²) < 4.78 is 25.0. The number of hydrogen-bond donors (Lipinski definition) is 0. The molecule has 2 saturated heterocycles. The molecule has 112 valence electrons. The molecule has 1 aromatic carbocycles. The highest BCUT2D eigenvalue weighted by molar-refractivity contribution is 5.74. The molecule has 0 bridgehead atoms. The largest absolute Gasteiger partial charge is 0.423 e. The molecule has 0 unspecified atom stereocenters. The maximum Gasteiger partial charge on any atom is 0.298 e. The summed E-state index contributed by atoms with van der Waals surface area (Å²) >= 11 is 0. The zero-order valence-corrected chi connectivity index (χ0v) is 12.0. The number of anilines is 1. The summed E-state index contributed by atoms with van der Waals surface area (Å²) in [5, 5.41) is 0. The standard InChI is InChI=1S/C15H18FN3O2/c1-18-5-4-14-12(9-18)19(6-7-20-14)15-17-11-8-10(16)2-3-13(11)21-15/h2-3,8,12,14H,4-7,9H2,1H3/t12-,14-/m1/s1. The lowest BCUT2D eigenvalue weighted by atomic mass is 9.99. The maximum atomic E-state index is 13.3. The van der Waals surface area contributed by atoms with Crippen LogP contribution in [0.1, 0.15) is 6.42 Å². The van der Waals surface area contributed by atoms with Gasteiger partial charge < -0.3 is 19.0 Å². The van der Waals surface area contributed by atoms with Crippen LogP contribution >= 0.6 is 0 Å². The van der Waals surface area contributed by atoms with E-state index >= 15 is 0 Å². The van der Waals surface area contributed by atoms with Gasteiger partial charge in [0.15, 0.2) is 5.58 Å². The van der Waals surface area contributed by atoms with Crippen molar-refractivity contribution < 1.29 is 13.5 Å². The molecular formula is C15H18FN3O2. The Labute approximate surface area is 122 Å². The predicted octanol–water partition coefficient (Wildman–Crippen LogP) is 1.88. The van der Waals surface area contributed by atoms with Crippen molar-refractivity contribution in [2.75, 3.05) is 38.2 Å². The number of ether oxygens (including phenoxy) is 1. The number of hydrogen-bond acceptors (Lipinski definition) is 5. The third-order valence-corrected chi connectivity index (χ3v) is 4.37. The van der Waals surface area contributed by atoms with Crippen molar-refractivity contribution in [2.24, 2.45) is 0 Å². The summed E-state index contributed by atoms with van der Waals surface area (Å²) in [4.78, 5) is 8.92. The van der Waals surface area contributed by atoms with Gasteiger partial charge in [0.05, 0.1) is 18.8 Å². The fourth-order valence-corrected chi connectivity index (χ4v) is 3.28. The molecule has 0 amide bonds. The third-order valence-electron chi connectivity index (χ3n) is 4.37. The van der Waals surface area contributed by atoms with Crippen LogP contribution in [0.2, 0.25) is 0 Å². The number of likely N-dealkylation sites (N-methyl/N-ethyl adjacent to an activating group) is 1. The van der Waals surface area contributed by atoms with Gasteiger partial charge in [-0.3, -0.25) is 0 Å². The van der Waals surface area contributed by atoms with E-state index in [2.05, 4.69) is 21.8 Å². The Morgan fingerprint density at radius 3 is 3.14 bits per heavy atom. The second kappa shape index (κ2) is 4.96. The van der Waals surface area contributed by atoms with Crippen molar-refractivity contribution in [3.05, 3.63) is 24.0 Å². The highest BCUT2D eigenvalue weighted by Crippen LogP contribution is 2.29. The molecule has 5 nitrogen and oxygen atoms in total. The molecule has 0 radical (unpaired) electrons. The molecule has 4 rings (SSSR count). The second-order valence-electron chi connectivity index (χ2n) is 5.83. The SMILES string of the molecule is CN1CC[C@H]2OCCN(c3nc4cc(F)ccc4o3)[C@@H]2C1. The number of fused-ring (bicyclic) bond motifs is 2. The van der Waals surface area contributed by atoms with E-state index in [1.165, 1.54) is 12.1 Å². The van der Waals surface area contributed by atoms with Crippen LogP contribution < -0.4 is 4.90 Å². The van der Waals surface area contributed by atoms with E-state index in [0.717, 1.165) is 26.1 Å². The van der Waals surface area contributed by atoms with Crippen LogP contribution in [0, 0.1) is 5.82 Å². The Bertz CT molecular complexity index is 659. The minimum absolute atomic E-state index is 0.224.